The molecule has 0 radical (unpaired) electrons. The van der Waals surface area contributed by atoms with Gasteiger partial charge in [-0.15, -0.1) is 0 Å². The van der Waals surface area contributed by atoms with E-state index in [9.17, 15) is 0 Å². The summed E-state index contributed by atoms with van der Waals surface area (Å²) in [4.78, 5) is 0. The smallest absolute Gasteiger partial charge is 0.496 e. The molecule has 0 heterocycles. The fourth-order valence-electron chi connectivity index (χ4n) is 2.39. The van der Waals surface area contributed by atoms with Crippen molar-refractivity contribution in [1.82, 2.24) is 0 Å². The number of hydrogen-bond acceptors (Lipinski definition) is 4. The summed E-state index contributed by atoms with van der Waals surface area (Å²) in [7, 11) is -0.886. The highest BCUT2D eigenvalue weighted by molar-refractivity contribution is 6.60. The molecule has 0 aliphatic heterocycles. The van der Waals surface area contributed by atoms with E-state index in [0.29, 0.717) is 19.8 Å². The van der Waals surface area contributed by atoms with Crippen LogP contribution in [-0.4, -0.2) is 35.7 Å². The largest absolute Gasteiger partial charge is 0.501 e. The molecule has 0 saturated carbocycles. The van der Waals surface area contributed by atoms with Crippen LogP contribution in [0.1, 0.15) is 31.9 Å². The molecule has 0 aromatic heterocycles. The first-order valence-electron chi connectivity index (χ1n) is 7.66. The number of methoxy groups -OCH3 is 1. The highest BCUT2D eigenvalue weighted by Crippen LogP contribution is 2.25. The lowest BCUT2D eigenvalue weighted by Crippen LogP contribution is -2.46. The molecule has 21 heavy (non-hydrogen) atoms. The molecular formula is C16H28O4Si. The van der Waals surface area contributed by atoms with Gasteiger partial charge in [0.25, 0.3) is 0 Å². The number of rotatable bonds is 10. The van der Waals surface area contributed by atoms with Gasteiger partial charge < -0.3 is 18.0 Å². The van der Waals surface area contributed by atoms with Gasteiger partial charge in [-0.05, 0) is 45.7 Å². The van der Waals surface area contributed by atoms with Gasteiger partial charge in [0.05, 0.1) is 7.11 Å². The van der Waals surface area contributed by atoms with Gasteiger partial charge in [-0.3, -0.25) is 0 Å². The summed E-state index contributed by atoms with van der Waals surface area (Å²) in [5.74, 6) is 0.910. The molecule has 0 unspecified atom stereocenters. The van der Waals surface area contributed by atoms with Crippen LogP contribution in [-0.2, 0) is 19.7 Å². The topological polar surface area (TPSA) is 36.9 Å². The van der Waals surface area contributed by atoms with E-state index in [1.165, 1.54) is 11.1 Å². The minimum Gasteiger partial charge on any atom is -0.496 e. The van der Waals surface area contributed by atoms with Crippen LogP contribution in [0.4, 0.5) is 0 Å². The Morgan fingerprint density at radius 2 is 1.52 bits per heavy atom. The molecule has 5 heteroatoms. The first-order chi connectivity index (χ1) is 10.1. The molecule has 0 saturated heterocycles. The molecule has 0 atom stereocenters. The Labute approximate surface area is 129 Å². The van der Waals surface area contributed by atoms with Crippen LogP contribution in [0.5, 0.6) is 5.75 Å². The normalized spacial score (nSPS) is 11.7. The van der Waals surface area contributed by atoms with E-state index in [1.54, 1.807) is 7.11 Å². The van der Waals surface area contributed by atoms with Crippen LogP contribution >= 0.6 is 0 Å². The van der Waals surface area contributed by atoms with Crippen molar-refractivity contribution in [2.45, 2.75) is 40.2 Å². The molecule has 0 spiro atoms. The summed E-state index contributed by atoms with van der Waals surface area (Å²) in [6, 6.07) is 6.99. The summed E-state index contributed by atoms with van der Waals surface area (Å²) >= 11 is 0. The Morgan fingerprint density at radius 3 is 2.00 bits per heavy atom. The molecule has 0 fully saturated rings. The predicted octanol–water partition coefficient (Wildman–Crippen LogP) is 3.59. The molecule has 1 aromatic rings. The van der Waals surface area contributed by atoms with Crippen LogP contribution < -0.4 is 4.74 Å². The van der Waals surface area contributed by atoms with Crippen LogP contribution in [0.15, 0.2) is 18.2 Å². The van der Waals surface area contributed by atoms with Crippen LogP contribution in [0, 0.1) is 6.92 Å². The minimum absolute atomic E-state index is 0.608. The number of ether oxygens (including phenoxy) is 1. The molecule has 0 bridgehead atoms. The number of hydrogen-bond donors (Lipinski definition) is 0. The third-order valence-electron chi connectivity index (χ3n) is 3.23. The first-order valence-corrected chi connectivity index (χ1v) is 9.59. The molecular weight excluding hydrogens is 284 g/mol. The van der Waals surface area contributed by atoms with Crippen LogP contribution in [0.25, 0.3) is 0 Å². The quantitative estimate of drug-likeness (QED) is 0.619. The second kappa shape index (κ2) is 9.20. The van der Waals surface area contributed by atoms with Gasteiger partial charge in [-0.2, -0.15) is 0 Å². The van der Waals surface area contributed by atoms with E-state index < -0.39 is 8.80 Å². The average Bonchev–Trinajstić information content (AvgIpc) is 2.46. The van der Waals surface area contributed by atoms with E-state index in [4.69, 9.17) is 18.0 Å². The zero-order valence-corrected chi connectivity index (χ0v) is 14.9. The third kappa shape index (κ3) is 5.43. The zero-order chi connectivity index (χ0) is 15.7. The van der Waals surface area contributed by atoms with Crippen molar-refractivity contribution in [2.75, 3.05) is 26.9 Å². The lowest BCUT2D eigenvalue weighted by molar-refractivity contribution is 0.0714. The second-order valence-electron chi connectivity index (χ2n) is 4.80. The summed E-state index contributed by atoms with van der Waals surface area (Å²) in [6.07, 6.45) is 0.830. The maximum atomic E-state index is 5.89. The maximum Gasteiger partial charge on any atom is 0.501 e. The average molecular weight is 312 g/mol. The molecule has 4 nitrogen and oxygen atoms in total. The van der Waals surface area contributed by atoms with Crippen molar-refractivity contribution in [3.8, 4) is 5.75 Å². The standard InChI is InChI=1S/C16H28O4Si/c1-6-18-21(19-7-2,20-8-3)12-11-15-13-14(4)9-10-16(15)17-5/h9-10,13H,6-8,11-12H2,1-5H3. The number of benzene rings is 1. The highest BCUT2D eigenvalue weighted by Gasteiger charge is 2.40. The van der Waals surface area contributed by atoms with E-state index in [-0.39, 0.29) is 0 Å². The minimum atomic E-state index is -2.59. The SMILES string of the molecule is CCO[Si](CCc1cc(C)ccc1OC)(OCC)OCC. The molecule has 120 valence electrons. The lowest BCUT2D eigenvalue weighted by Gasteiger charge is -2.28. The molecule has 0 aliphatic rings. The second-order valence-corrected chi connectivity index (χ2v) is 7.53. The van der Waals surface area contributed by atoms with Crippen molar-refractivity contribution in [2.24, 2.45) is 0 Å². The Hall–Kier alpha value is -0.883. The van der Waals surface area contributed by atoms with Crippen molar-refractivity contribution in [1.29, 1.82) is 0 Å². The van der Waals surface area contributed by atoms with E-state index in [2.05, 4.69) is 19.1 Å². The van der Waals surface area contributed by atoms with Crippen molar-refractivity contribution >= 4 is 8.80 Å². The van der Waals surface area contributed by atoms with Gasteiger partial charge in [-0.25, -0.2) is 0 Å². The van der Waals surface area contributed by atoms with Crippen LogP contribution in [0.3, 0.4) is 0 Å². The predicted molar refractivity (Wildman–Crippen MR) is 86.9 cm³/mol. The van der Waals surface area contributed by atoms with E-state index >= 15 is 0 Å². The fraction of sp³-hybridized carbons (Fsp3) is 0.625. The highest BCUT2D eigenvalue weighted by atomic mass is 28.4. The number of aryl methyl sites for hydroxylation is 2. The lowest BCUT2D eigenvalue weighted by atomic mass is 10.1. The Kier molecular flexibility index (Phi) is 7.96. The van der Waals surface area contributed by atoms with Gasteiger partial charge in [0.1, 0.15) is 5.75 Å². The molecule has 1 rings (SSSR count). The van der Waals surface area contributed by atoms with Crippen molar-refractivity contribution in [3.63, 3.8) is 0 Å². The Balaban J connectivity index is 2.86. The molecule has 0 aliphatic carbocycles. The summed E-state index contributed by atoms with van der Waals surface area (Å²) in [5.41, 5.74) is 2.40. The third-order valence-corrected chi connectivity index (χ3v) is 6.28. The molecule has 0 N–H and O–H groups in total. The summed E-state index contributed by atoms with van der Waals surface area (Å²) in [5, 5.41) is 0. The van der Waals surface area contributed by atoms with E-state index in [1.807, 2.05) is 26.8 Å². The first kappa shape index (κ1) is 18.2. The Morgan fingerprint density at radius 1 is 0.952 bits per heavy atom. The fourth-order valence-corrected chi connectivity index (χ4v) is 4.97. The van der Waals surface area contributed by atoms with Crippen molar-refractivity contribution < 1.29 is 18.0 Å². The monoisotopic (exact) mass is 312 g/mol. The van der Waals surface area contributed by atoms with E-state index in [0.717, 1.165) is 18.2 Å². The van der Waals surface area contributed by atoms with Crippen molar-refractivity contribution in [3.05, 3.63) is 29.3 Å². The molecule has 0 amide bonds. The van der Waals surface area contributed by atoms with Gasteiger partial charge in [0, 0.05) is 25.9 Å². The van der Waals surface area contributed by atoms with Gasteiger partial charge in [-0.1, -0.05) is 17.7 Å². The molecule has 1 aromatic carbocycles. The zero-order valence-electron chi connectivity index (χ0n) is 13.9. The summed E-state index contributed by atoms with van der Waals surface area (Å²) in [6.45, 7) is 9.85. The Bertz CT molecular complexity index is 406. The maximum absolute atomic E-state index is 5.89. The summed E-state index contributed by atoms with van der Waals surface area (Å²) < 4.78 is 23.1. The van der Waals surface area contributed by atoms with Gasteiger partial charge in [0.15, 0.2) is 0 Å². The van der Waals surface area contributed by atoms with Gasteiger partial charge in [0.2, 0.25) is 0 Å². The van der Waals surface area contributed by atoms with Crippen LogP contribution in [0.2, 0.25) is 6.04 Å². The van der Waals surface area contributed by atoms with Gasteiger partial charge >= 0.3 is 8.80 Å².